The SMILES string of the molecule is CCS(=O)(=O)NC1CCN(C(=O)c2cccc(Cl)c2)CC1. The normalized spacial score (nSPS) is 17.0. The summed E-state index contributed by atoms with van der Waals surface area (Å²) in [5, 5.41) is 0.534. The van der Waals surface area contributed by atoms with Crippen LogP contribution in [-0.2, 0) is 10.0 Å². The molecule has 1 aliphatic rings. The number of carbonyl (C=O) groups excluding carboxylic acids is 1. The van der Waals surface area contributed by atoms with Gasteiger partial charge in [-0.15, -0.1) is 0 Å². The molecule has 0 radical (unpaired) electrons. The maximum absolute atomic E-state index is 12.3. The van der Waals surface area contributed by atoms with E-state index in [4.69, 9.17) is 11.6 Å². The van der Waals surface area contributed by atoms with Crippen LogP contribution in [0.3, 0.4) is 0 Å². The standard InChI is InChI=1S/C14H19ClN2O3S/c1-2-21(19,20)16-13-6-8-17(9-7-13)14(18)11-4-3-5-12(15)10-11/h3-5,10,13,16H,2,6-9H2,1H3. The van der Waals surface area contributed by atoms with Crippen LogP contribution < -0.4 is 4.72 Å². The predicted octanol–water partition coefficient (Wildman–Crippen LogP) is 1.88. The van der Waals surface area contributed by atoms with Gasteiger partial charge < -0.3 is 4.90 Å². The van der Waals surface area contributed by atoms with Crippen molar-refractivity contribution < 1.29 is 13.2 Å². The van der Waals surface area contributed by atoms with Gasteiger partial charge in [-0.05, 0) is 38.0 Å². The lowest BCUT2D eigenvalue weighted by Gasteiger charge is -2.32. The number of nitrogens with one attached hydrogen (secondary N) is 1. The molecule has 0 saturated carbocycles. The van der Waals surface area contributed by atoms with Crippen molar-refractivity contribution in [2.75, 3.05) is 18.8 Å². The average molecular weight is 331 g/mol. The van der Waals surface area contributed by atoms with Gasteiger partial charge >= 0.3 is 0 Å². The van der Waals surface area contributed by atoms with Crippen LogP contribution >= 0.6 is 11.6 Å². The number of carbonyl (C=O) groups is 1. The van der Waals surface area contributed by atoms with Crippen molar-refractivity contribution in [2.45, 2.75) is 25.8 Å². The Bertz CT molecular complexity index is 610. The molecule has 1 amide bonds. The smallest absolute Gasteiger partial charge is 0.253 e. The molecule has 2 rings (SSSR count). The number of halogens is 1. The minimum atomic E-state index is -3.19. The number of likely N-dealkylation sites (tertiary alicyclic amines) is 1. The van der Waals surface area contributed by atoms with E-state index in [9.17, 15) is 13.2 Å². The molecule has 0 unspecified atom stereocenters. The zero-order chi connectivity index (χ0) is 15.5. The Balaban J connectivity index is 1.93. The first-order valence-electron chi connectivity index (χ1n) is 6.96. The molecule has 1 N–H and O–H groups in total. The van der Waals surface area contributed by atoms with E-state index in [1.807, 2.05) is 0 Å². The van der Waals surface area contributed by atoms with Crippen LogP contribution in [-0.4, -0.2) is 44.1 Å². The largest absolute Gasteiger partial charge is 0.339 e. The third-order valence-electron chi connectivity index (χ3n) is 3.58. The maximum atomic E-state index is 12.3. The number of amides is 1. The van der Waals surface area contributed by atoms with Gasteiger partial charge in [-0.3, -0.25) is 4.79 Å². The van der Waals surface area contributed by atoms with Gasteiger partial charge in [0.25, 0.3) is 5.91 Å². The minimum Gasteiger partial charge on any atom is -0.339 e. The predicted molar refractivity (Wildman–Crippen MR) is 83.0 cm³/mol. The highest BCUT2D eigenvalue weighted by Crippen LogP contribution is 2.17. The second-order valence-corrected chi connectivity index (χ2v) is 7.58. The van der Waals surface area contributed by atoms with E-state index in [2.05, 4.69) is 4.72 Å². The summed E-state index contributed by atoms with van der Waals surface area (Å²) in [4.78, 5) is 14.1. The third-order valence-corrected chi connectivity index (χ3v) is 5.27. The Hall–Kier alpha value is -1.11. The fourth-order valence-corrected chi connectivity index (χ4v) is 3.44. The molecule has 7 heteroatoms. The fraction of sp³-hybridized carbons (Fsp3) is 0.500. The molecule has 21 heavy (non-hydrogen) atoms. The Morgan fingerprint density at radius 1 is 1.38 bits per heavy atom. The van der Waals surface area contributed by atoms with Crippen LogP contribution in [0.15, 0.2) is 24.3 Å². The summed E-state index contributed by atoms with van der Waals surface area (Å²) >= 11 is 5.89. The second-order valence-electron chi connectivity index (χ2n) is 5.10. The van der Waals surface area contributed by atoms with Gasteiger partial charge in [-0.1, -0.05) is 17.7 Å². The van der Waals surface area contributed by atoms with E-state index in [-0.39, 0.29) is 17.7 Å². The highest BCUT2D eigenvalue weighted by molar-refractivity contribution is 7.89. The fourth-order valence-electron chi connectivity index (χ4n) is 2.34. The monoisotopic (exact) mass is 330 g/mol. The molecule has 1 aromatic carbocycles. The zero-order valence-corrected chi connectivity index (χ0v) is 13.5. The van der Waals surface area contributed by atoms with Gasteiger partial charge in [0.1, 0.15) is 0 Å². The number of sulfonamides is 1. The molecule has 1 saturated heterocycles. The molecule has 0 atom stereocenters. The van der Waals surface area contributed by atoms with Crippen molar-refractivity contribution >= 4 is 27.5 Å². The van der Waals surface area contributed by atoms with Crippen LogP contribution in [0.2, 0.25) is 5.02 Å². The molecule has 1 heterocycles. The van der Waals surface area contributed by atoms with Crippen LogP contribution in [0.25, 0.3) is 0 Å². The first-order chi connectivity index (χ1) is 9.91. The van der Waals surface area contributed by atoms with Crippen molar-refractivity contribution in [3.8, 4) is 0 Å². The molecular formula is C14H19ClN2O3S. The van der Waals surface area contributed by atoms with Gasteiger partial charge in [0.05, 0.1) is 5.75 Å². The summed E-state index contributed by atoms with van der Waals surface area (Å²) < 4.78 is 25.7. The van der Waals surface area contributed by atoms with Crippen molar-refractivity contribution in [3.63, 3.8) is 0 Å². The van der Waals surface area contributed by atoms with Crippen LogP contribution in [0.5, 0.6) is 0 Å². The summed E-state index contributed by atoms with van der Waals surface area (Å²) in [6, 6.07) is 6.77. The number of piperidine rings is 1. The Kier molecular flexibility index (Phi) is 5.24. The number of hydrogen-bond donors (Lipinski definition) is 1. The van der Waals surface area contributed by atoms with Crippen molar-refractivity contribution in [3.05, 3.63) is 34.9 Å². The molecule has 0 bridgehead atoms. The third kappa shape index (κ3) is 4.43. The Morgan fingerprint density at radius 3 is 2.62 bits per heavy atom. The molecule has 116 valence electrons. The van der Waals surface area contributed by atoms with Gasteiger partial charge in [0.2, 0.25) is 10.0 Å². The van der Waals surface area contributed by atoms with Crippen molar-refractivity contribution in [1.29, 1.82) is 0 Å². The first-order valence-corrected chi connectivity index (χ1v) is 8.99. The van der Waals surface area contributed by atoms with Gasteiger partial charge in [-0.2, -0.15) is 0 Å². The number of benzene rings is 1. The minimum absolute atomic E-state index is 0.0608. The van der Waals surface area contributed by atoms with Gasteiger partial charge in [0.15, 0.2) is 0 Å². The molecule has 1 aromatic rings. The Labute approximate surface area is 130 Å². The topological polar surface area (TPSA) is 66.5 Å². The van der Waals surface area contributed by atoms with Crippen LogP contribution in [0.1, 0.15) is 30.1 Å². The lowest BCUT2D eigenvalue weighted by atomic mass is 10.0. The van der Waals surface area contributed by atoms with E-state index >= 15 is 0 Å². The summed E-state index contributed by atoms with van der Waals surface area (Å²) in [6.45, 7) is 2.70. The summed E-state index contributed by atoms with van der Waals surface area (Å²) in [6.07, 6.45) is 1.26. The maximum Gasteiger partial charge on any atom is 0.253 e. The molecule has 0 aliphatic carbocycles. The average Bonchev–Trinajstić information content (AvgIpc) is 2.47. The molecule has 0 aromatic heterocycles. The lowest BCUT2D eigenvalue weighted by molar-refractivity contribution is 0.0711. The first kappa shape index (κ1) is 16.3. The molecule has 1 aliphatic heterocycles. The highest BCUT2D eigenvalue weighted by atomic mass is 35.5. The molecule has 5 nitrogen and oxygen atoms in total. The van der Waals surface area contributed by atoms with Crippen LogP contribution in [0, 0.1) is 0 Å². The number of nitrogens with zero attached hydrogens (tertiary/aromatic N) is 1. The summed E-state index contributed by atoms with van der Waals surface area (Å²) in [7, 11) is -3.19. The Morgan fingerprint density at radius 2 is 2.05 bits per heavy atom. The summed E-state index contributed by atoms with van der Waals surface area (Å²) in [5.74, 6) is 0.0172. The number of hydrogen-bond acceptors (Lipinski definition) is 3. The van der Waals surface area contributed by atoms with Crippen LogP contribution in [0.4, 0.5) is 0 Å². The van der Waals surface area contributed by atoms with E-state index in [0.717, 1.165) is 0 Å². The quantitative estimate of drug-likeness (QED) is 0.916. The van der Waals surface area contributed by atoms with E-state index in [0.29, 0.717) is 36.5 Å². The van der Waals surface area contributed by atoms with Gasteiger partial charge in [0, 0.05) is 29.7 Å². The van der Waals surface area contributed by atoms with E-state index in [1.54, 1.807) is 36.1 Å². The molecular weight excluding hydrogens is 312 g/mol. The lowest BCUT2D eigenvalue weighted by Crippen LogP contribution is -2.46. The second kappa shape index (κ2) is 6.77. The zero-order valence-electron chi connectivity index (χ0n) is 11.9. The van der Waals surface area contributed by atoms with Crippen molar-refractivity contribution in [1.82, 2.24) is 9.62 Å². The highest BCUT2D eigenvalue weighted by Gasteiger charge is 2.25. The van der Waals surface area contributed by atoms with E-state index in [1.165, 1.54) is 0 Å². The summed E-state index contributed by atoms with van der Waals surface area (Å²) in [5.41, 5.74) is 0.565. The number of rotatable bonds is 4. The molecule has 0 spiro atoms. The molecule has 1 fully saturated rings. The van der Waals surface area contributed by atoms with E-state index < -0.39 is 10.0 Å². The van der Waals surface area contributed by atoms with Gasteiger partial charge in [-0.25, -0.2) is 13.1 Å². The van der Waals surface area contributed by atoms with Crippen molar-refractivity contribution in [2.24, 2.45) is 0 Å².